The summed E-state index contributed by atoms with van der Waals surface area (Å²) in [4.78, 5) is 35.6. The molecule has 1 aliphatic rings. The summed E-state index contributed by atoms with van der Waals surface area (Å²) in [7, 11) is 0. The summed E-state index contributed by atoms with van der Waals surface area (Å²) in [5.74, 6) is -0.870. The largest absolute Gasteiger partial charge is 0.448 e. The SMILES string of the molecule is CC(=O)c1ccc(C(=O)OC2CCCCNC2=O)s1. The van der Waals surface area contributed by atoms with Gasteiger partial charge in [-0.1, -0.05) is 0 Å². The number of amides is 1. The van der Waals surface area contributed by atoms with Crippen molar-refractivity contribution in [1.29, 1.82) is 0 Å². The number of thiophene rings is 1. The predicted molar refractivity (Wildman–Crippen MR) is 70.4 cm³/mol. The number of ketones is 1. The first-order valence-corrected chi connectivity index (χ1v) is 6.99. The fourth-order valence-electron chi connectivity index (χ4n) is 1.85. The minimum absolute atomic E-state index is 0.0868. The molecule has 1 unspecified atom stereocenters. The van der Waals surface area contributed by atoms with E-state index in [1.54, 1.807) is 12.1 Å². The van der Waals surface area contributed by atoms with Gasteiger partial charge in [0.05, 0.1) is 4.88 Å². The van der Waals surface area contributed by atoms with Crippen LogP contribution in [-0.2, 0) is 9.53 Å². The second-order valence-corrected chi connectivity index (χ2v) is 5.48. The number of nitrogens with one attached hydrogen (secondary N) is 1. The summed E-state index contributed by atoms with van der Waals surface area (Å²) in [5.41, 5.74) is 0. The van der Waals surface area contributed by atoms with Crippen LogP contribution in [0.4, 0.5) is 0 Å². The highest BCUT2D eigenvalue weighted by Gasteiger charge is 2.25. The third kappa shape index (κ3) is 3.41. The number of rotatable bonds is 3. The van der Waals surface area contributed by atoms with E-state index in [9.17, 15) is 14.4 Å². The Morgan fingerprint density at radius 1 is 1.32 bits per heavy atom. The Morgan fingerprint density at radius 2 is 2.05 bits per heavy atom. The van der Waals surface area contributed by atoms with Crippen LogP contribution < -0.4 is 5.32 Å². The Hall–Kier alpha value is -1.69. The van der Waals surface area contributed by atoms with Crippen molar-refractivity contribution in [2.24, 2.45) is 0 Å². The molecule has 6 heteroatoms. The Balaban J connectivity index is 2.02. The van der Waals surface area contributed by atoms with E-state index in [0.717, 1.165) is 24.2 Å². The van der Waals surface area contributed by atoms with Crippen molar-refractivity contribution >= 4 is 29.0 Å². The molecular weight excluding hydrogens is 266 g/mol. The molecule has 1 N–H and O–H groups in total. The first-order valence-electron chi connectivity index (χ1n) is 6.17. The van der Waals surface area contributed by atoms with E-state index in [2.05, 4.69) is 5.32 Å². The quantitative estimate of drug-likeness (QED) is 0.677. The monoisotopic (exact) mass is 281 g/mol. The lowest BCUT2D eigenvalue weighted by molar-refractivity contribution is -0.129. The third-order valence-corrected chi connectivity index (χ3v) is 4.05. The average Bonchev–Trinajstić information content (AvgIpc) is 2.78. The molecule has 1 fully saturated rings. The van der Waals surface area contributed by atoms with Gasteiger partial charge in [-0.2, -0.15) is 0 Å². The molecule has 1 aliphatic heterocycles. The van der Waals surface area contributed by atoms with Crippen LogP contribution in [0, 0.1) is 0 Å². The molecule has 102 valence electrons. The van der Waals surface area contributed by atoms with Crippen LogP contribution in [-0.4, -0.2) is 30.3 Å². The van der Waals surface area contributed by atoms with Gasteiger partial charge >= 0.3 is 5.97 Å². The first kappa shape index (κ1) is 13.7. The minimum Gasteiger partial charge on any atom is -0.448 e. The van der Waals surface area contributed by atoms with Crippen molar-refractivity contribution in [1.82, 2.24) is 5.32 Å². The number of carbonyl (C=O) groups is 3. The van der Waals surface area contributed by atoms with Crippen molar-refractivity contribution in [2.75, 3.05) is 6.54 Å². The van der Waals surface area contributed by atoms with E-state index in [-0.39, 0.29) is 11.7 Å². The van der Waals surface area contributed by atoms with Crippen molar-refractivity contribution in [3.63, 3.8) is 0 Å². The summed E-state index contributed by atoms with van der Waals surface area (Å²) >= 11 is 1.09. The number of Topliss-reactive ketones (excluding diaryl/α,β-unsaturated/α-hetero) is 1. The number of hydrogen-bond acceptors (Lipinski definition) is 5. The van der Waals surface area contributed by atoms with Crippen molar-refractivity contribution < 1.29 is 19.1 Å². The second-order valence-electron chi connectivity index (χ2n) is 4.40. The van der Waals surface area contributed by atoms with Gasteiger partial charge in [0.1, 0.15) is 4.88 Å². The lowest BCUT2D eigenvalue weighted by atomic mass is 10.2. The van der Waals surface area contributed by atoms with E-state index < -0.39 is 12.1 Å². The first-order chi connectivity index (χ1) is 9.08. The molecule has 1 amide bonds. The Morgan fingerprint density at radius 3 is 2.74 bits per heavy atom. The summed E-state index contributed by atoms with van der Waals surface area (Å²) < 4.78 is 5.21. The predicted octanol–water partition coefficient (Wildman–Crippen LogP) is 1.78. The zero-order valence-corrected chi connectivity index (χ0v) is 11.4. The fourth-order valence-corrected chi connectivity index (χ4v) is 2.63. The van der Waals surface area contributed by atoms with Crippen molar-refractivity contribution in [3.8, 4) is 0 Å². The molecule has 2 heterocycles. The van der Waals surface area contributed by atoms with E-state index in [1.807, 2.05) is 0 Å². The number of hydrogen-bond donors (Lipinski definition) is 1. The van der Waals surface area contributed by atoms with Gasteiger partial charge in [-0.05, 0) is 38.3 Å². The maximum absolute atomic E-state index is 11.9. The van der Waals surface area contributed by atoms with Gasteiger partial charge in [-0.15, -0.1) is 11.3 Å². The molecule has 0 aliphatic carbocycles. The zero-order valence-electron chi connectivity index (χ0n) is 10.6. The van der Waals surface area contributed by atoms with Crippen molar-refractivity contribution in [2.45, 2.75) is 32.3 Å². The van der Waals surface area contributed by atoms with Crippen LogP contribution in [0.25, 0.3) is 0 Å². The molecule has 2 rings (SSSR count). The molecule has 1 saturated heterocycles. The highest BCUT2D eigenvalue weighted by atomic mass is 32.1. The van der Waals surface area contributed by atoms with Gasteiger partial charge in [0.15, 0.2) is 11.9 Å². The fraction of sp³-hybridized carbons (Fsp3) is 0.462. The summed E-state index contributed by atoms with van der Waals surface area (Å²) in [6.07, 6.45) is 1.56. The van der Waals surface area contributed by atoms with Gasteiger partial charge < -0.3 is 10.1 Å². The van der Waals surface area contributed by atoms with E-state index in [0.29, 0.717) is 22.7 Å². The van der Waals surface area contributed by atoms with Crippen LogP contribution >= 0.6 is 11.3 Å². The van der Waals surface area contributed by atoms with Crippen LogP contribution in [0.2, 0.25) is 0 Å². The molecule has 1 aromatic rings. The number of carbonyl (C=O) groups excluding carboxylic acids is 3. The molecule has 0 spiro atoms. The Labute approximate surface area is 114 Å². The standard InChI is InChI=1S/C13H15NO4S/c1-8(15)10-5-6-11(19-10)13(17)18-9-4-2-3-7-14-12(9)16/h5-6,9H,2-4,7H2,1H3,(H,14,16). The molecule has 0 saturated carbocycles. The molecule has 0 bridgehead atoms. The Kier molecular flexibility index (Phi) is 4.31. The maximum Gasteiger partial charge on any atom is 0.349 e. The van der Waals surface area contributed by atoms with E-state index >= 15 is 0 Å². The molecule has 19 heavy (non-hydrogen) atoms. The lowest BCUT2D eigenvalue weighted by Gasteiger charge is -2.13. The van der Waals surface area contributed by atoms with Gasteiger partial charge in [0.25, 0.3) is 5.91 Å². The molecule has 0 aromatic carbocycles. The van der Waals surface area contributed by atoms with Crippen LogP contribution in [0.1, 0.15) is 45.5 Å². The molecule has 1 aromatic heterocycles. The molecular formula is C13H15NO4S. The number of esters is 1. The van der Waals surface area contributed by atoms with E-state index in [4.69, 9.17) is 4.74 Å². The molecule has 5 nitrogen and oxygen atoms in total. The highest BCUT2D eigenvalue weighted by molar-refractivity contribution is 7.15. The average molecular weight is 281 g/mol. The smallest absolute Gasteiger partial charge is 0.349 e. The third-order valence-electron chi connectivity index (χ3n) is 2.89. The molecule has 1 atom stereocenters. The lowest BCUT2D eigenvalue weighted by Crippen LogP contribution is -2.35. The second kappa shape index (κ2) is 5.97. The Bertz CT molecular complexity index is 508. The summed E-state index contributed by atoms with van der Waals surface area (Å²) in [6, 6.07) is 3.15. The van der Waals surface area contributed by atoms with Gasteiger partial charge in [0.2, 0.25) is 0 Å². The van der Waals surface area contributed by atoms with Crippen LogP contribution in [0.3, 0.4) is 0 Å². The molecule has 0 radical (unpaired) electrons. The van der Waals surface area contributed by atoms with Gasteiger partial charge in [-0.3, -0.25) is 9.59 Å². The summed E-state index contributed by atoms with van der Waals surface area (Å²) in [5, 5.41) is 2.71. The normalized spacial score (nSPS) is 19.4. The van der Waals surface area contributed by atoms with Crippen LogP contribution in [0.5, 0.6) is 0 Å². The minimum atomic E-state index is -0.724. The van der Waals surface area contributed by atoms with Crippen molar-refractivity contribution in [3.05, 3.63) is 21.9 Å². The van der Waals surface area contributed by atoms with Gasteiger partial charge in [-0.25, -0.2) is 4.79 Å². The van der Waals surface area contributed by atoms with Gasteiger partial charge in [0, 0.05) is 6.54 Å². The van der Waals surface area contributed by atoms with Crippen LogP contribution in [0.15, 0.2) is 12.1 Å². The maximum atomic E-state index is 11.9. The zero-order chi connectivity index (χ0) is 13.8. The summed E-state index contributed by atoms with van der Waals surface area (Å²) in [6.45, 7) is 2.07. The highest BCUT2D eigenvalue weighted by Crippen LogP contribution is 2.19. The topological polar surface area (TPSA) is 72.5 Å². The van der Waals surface area contributed by atoms with E-state index in [1.165, 1.54) is 6.92 Å². The number of ether oxygens (including phenoxy) is 1.